The molecule has 0 heterocycles. The fourth-order valence-corrected chi connectivity index (χ4v) is 1.56. The third kappa shape index (κ3) is 3.40. The maximum absolute atomic E-state index is 8.65. The van der Waals surface area contributed by atoms with Gasteiger partial charge in [0.2, 0.25) is 0 Å². The molecule has 1 nitrogen and oxygen atoms in total. The molecule has 0 bridgehead atoms. The Kier molecular flexibility index (Phi) is 3.55. The van der Waals surface area contributed by atoms with E-state index in [4.69, 9.17) is 16.9 Å². The number of rotatable bonds is 3. The van der Waals surface area contributed by atoms with Gasteiger partial charge in [-0.05, 0) is 29.5 Å². The van der Waals surface area contributed by atoms with Gasteiger partial charge in [-0.25, -0.2) is 0 Å². The highest BCUT2D eigenvalue weighted by Crippen LogP contribution is 2.25. The van der Waals surface area contributed by atoms with Crippen molar-refractivity contribution in [1.82, 2.24) is 0 Å². The molecule has 0 aliphatic carbocycles. The van der Waals surface area contributed by atoms with E-state index in [9.17, 15) is 0 Å². The molecule has 0 saturated carbocycles. The Morgan fingerprint density at radius 1 is 1.29 bits per heavy atom. The smallest absolute Gasteiger partial charge is 0.0627 e. The van der Waals surface area contributed by atoms with Crippen LogP contribution in [0, 0.1) is 16.7 Å². The van der Waals surface area contributed by atoms with Gasteiger partial charge in [0.15, 0.2) is 0 Å². The summed E-state index contributed by atoms with van der Waals surface area (Å²) in [6.45, 7) is 4.20. The minimum absolute atomic E-state index is 0.0442. The van der Waals surface area contributed by atoms with Crippen LogP contribution in [0.1, 0.15) is 25.8 Å². The Morgan fingerprint density at radius 3 is 2.36 bits per heavy atom. The van der Waals surface area contributed by atoms with E-state index in [0.29, 0.717) is 6.42 Å². The first-order valence-electron chi connectivity index (χ1n) is 4.65. The highest BCUT2D eigenvalue weighted by atomic mass is 35.5. The number of nitriles is 1. The minimum atomic E-state index is 0.0442. The Bertz CT molecular complexity index is 332. The predicted octanol–water partition coefficient (Wildman–Crippen LogP) is 3.82. The topological polar surface area (TPSA) is 23.8 Å². The number of hydrogen-bond acceptors (Lipinski definition) is 1. The van der Waals surface area contributed by atoms with Gasteiger partial charge in [0, 0.05) is 11.4 Å². The van der Waals surface area contributed by atoms with Crippen molar-refractivity contribution in [2.24, 2.45) is 5.41 Å². The second-order valence-electron chi connectivity index (χ2n) is 4.30. The van der Waals surface area contributed by atoms with Crippen LogP contribution < -0.4 is 0 Å². The van der Waals surface area contributed by atoms with E-state index in [1.54, 1.807) is 0 Å². The van der Waals surface area contributed by atoms with E-state index in [-0.39, 0.29) is 5.41 Å². The van der Waals surface area contributed by atoms with Crippen molar-refractivity contribution in [2.45, 2.75) is 26.7 Å². The molecule has 0 atom stereocenters. The van der Waals surface area contributed by atoms with Crippen LogP contribution in [0.2, 0.25) is 5.02 Å². The standard InChI is InChI=1S/C12H14ClN/c1-12(2,7-8-14)9-10-3-5-11(13)6-4-10/h3-6H,7,9H2,1-2H3. The van der Waals surface area contributed by atoms with Crippen molar-refractivity contribution in [1.29, 1.82) is 5.26 Å². The lowest BCUT2D eigenvalue weighted by molar-refractivity contribution is 0.373. The number of nitrogens with zero attached hydrogens (tertiary/aromatic N) is 1. The number of hydrogen-bond donors (Lipinski definition) is 0. The maximum Gasteiger partial charge on any atom is 0.0627 e. The summed E-state index contributed by atoms with van der Waals surface area (Å²) in [6.07, 6.45) is 1.49. The van der Waals surface area contributed by atoms with Gasteiger partial charge in [0.05, 0.1) is 6.07 Å². The lowest BCUT2D eigenvalue weighted by atomic mass is 9.83. The van der Waals surface area contributed by atoms with Crippen molar-refractivity contribution in [3.8, 4) is 6.07 Å². The average Bonchev–Trinajstić information content (AvgIpc) is 2.08. The second-order valence-corrected chi connectivity index (χ2v) is 4.74. The van der Waals surface area contributed by atoms with Crippen LogP contribution in [0.25, 0.3) is 0 Å². The summed E-state index contributed by atoms with van der Waals surface area (Å²) in [7, 11) is 0. The summed E-state index contributed by atoms with van der Waals surface area (Å²) in [5.41, 5.74) is 1.28. The minimum Gasteiger partial charge on any atom is -0.198 e. The lowest BCUT2D eigenvalue weighted by Gasteiger charge is -2.20. The van der Waals surface area contributed by atoms with E-state index in [0.717, 1.165) is 11.4 Å². The van der Waals surface area contributed by atoms with Gasteiger partial charge in [0.25, 0.3) is 0 Å². The third-order valence-corrected chi connectivity index (χ3v) is 2.41. The second kappa shape index (κ2) is 4.48. The van der Waals surface area contributed by atoms with Gasteiger partial charge < -0.3 is 0 Å². The fourth-order valence-electron chi connectivity index (χ4n) is 1.43. The Hall–Kier alpha value is -1.00. The van der Waals surface area contributed by atoms with Crippen molar-refractivity contribution in [3.63, 3.8) is 0 Å². The van der Waals surface area contributed by atoms with E-state index < -0.39 is 0 Å². The molecule has 0 aromatic heterocycles. The van der Waals surface area contributed by atoms with Crippen molar-refractivity contribution in [3.05, 3.63) is 34.9 Å². The van der Waals surface area contributed by atoms with E-state index >= 15 is 0 Å². The molecule has 1 rings (SSSR count). The quantitative estimate of drug-likeness (QED) is 0.739. The first-order chi connectivity index (χ1) is 6.53. The first kappa shape index (κ1) is 11.1. The molecule has 14 heavy (non-hydrogen) atoms. The summed E-state index contributed by atoms with van der Waals surface area (Å²) in [5.74, 6) is 0. The van der Waals surface area contributed by atoms with Gasteiger partial charge in [0.1, 0.15) is 0 Å². The Labute approximate surface area is 90.3 Å². The molecule has 0 spiro atoms. The van der Waals surface area contributed by atoms with E-state index in [1.807, 2.05) is 24.3 Å². The summed E-state index contributed by atoms with van der Waals surface area (Å²) in [6, 6.07) is 10.0. The normalized spacial score (nSPS) is 11.0. The molecule has 0 N–H and O–H groups in total. The van der Waals surface area contributed by atoms with Gasteiger partial charge in [-0.2, -0.15) is 5.26 Å². The van der Waals surface area contributed by atoms with Crippen molar-refractivity contribution >= 4 is 11.6 Å². The summed E-state index contributed by atoms with van der Waals surface area (Å²) in [4.78, 5) is 0. The van der Waals surface area contributed by atoms with Crippen LogP contribution in [-0.2, 0) is 6.42 Å². The summed E-state index contributed by atoms with van der Waals surface area (Å²) in [5, 5.41) is 9.41. The largest absolute Gasteiger partial charge is 0.198 e. The Balaban J connectivity index is 2.69. The van der Waals surface area contributed by atoms with Crippen LogP contribution in [0.15, 0.2) is 24.3 Å². The zero-order chi connectivity index (χ0) is 10.6. The molecule has 0 amide bonds. The monoisotopic (exact) mass is 207 g/mol. The van der Waals surface area contributed by atoms with Crippen LogP contribution in [0.3, 0.4) is 0 Å². The molecular weight excluding hydrogens is 194 g/mol. The molecule has 0 radical (unpaired) electrons. The maximum atomic E-state index is 8.65. The molecule has 1 aromatic rings. The molecule has 1 aromatic carbocycles. The van der Waals surface area contributed by atoms with Crippen LogP contribution >= 0.6 is 11.6 Å². The highest BCUT2D eigenvalue weighted by Gasteiger charge is 2.17. The fraction of sp³-hybridized carbons (Fsp3) is 0.417. The molecule has 0 aliphatic heterocycles. The average molecular weight is 208 g/mol. The zero-order valence-electron chi connectivity index (χ0n) is 8.55. The first-order valence-corrected chi connectivity index (χ1v) is 5.03. The molecular formula is C12H14ClN. The summed E-state index contributed by atoms with van der Waals surface area (Å²) < 4.78 is 0. The van der Waals surface area contributed by atoms with E-state index in [1.165, 1.54) is 5.56 Å². The molecule has 2 heteroatoms. The van der Waals surface area contributed by atoms with Gasteiger partial charge >= 0.3 is 0 Å². The van der Waals surface area contributed by atoms with Crippen molar-refractivity contribution in [2.75, 3.05) is 0 Å². The Morgan fingerprint density at radius 2 is 1.86 bits per heavy atom. The van der Waals surface area contributed by atoms with Crippen LogP contribution in [-0.4, -0.2) is 0 Å². The SMILES string of the molecule is CC(C)(CC#N)Cc1ccc(Cl)cc1. The molecule has 0 fully saturated rings. The predicted molar refractivity (Wildman–Crippen MR) is 59.2 cm³/mol. The number of benzene rings is 1. The molecule has 0 saturated heterocycles. The molecule has 74 valence electrons. The zero-order valence-corrected chi connectivity index (χ0v) is 9.30. The molecule has 0 unspecified atom stereocenters. The highest BCUT2D eigenvalue weighted by molar-refractivity contribution is 6.30. The van der Waals surface area contributed by atoms with Gasteiger partial charge in [-0.1, -0.05) is 37.6 Å². The third-order valence-electron chi connectivity index (χ3n) is 2.15. The van der Waals surface area contributed by atoms with Crippen LogP contribution in [0.5, 0.6) is 0 Å². The van der Waals surface area contributed by atoms with Crippen LogP contribution in [0.4, 0.5) is 0 Å². The summed E-state index contributed by atoms with van der Waals surface area (Å²) >= 11 is 5.79. The van der Waals surface area contributed by atoms with Gasteiger partial charge in [-0.3, -0.25) is 0 Å². The lowest BCUT2D eigenvalue weighted by Crippen LogP contribution is -2.13. The number of halogens is 1. The van der Waals surface area contributed by atoms with Gasteiger partial charge in [-0.15, -0.1) is 0 Å². The van der Waals surface area contributed by atoms with Crippen molar-refractivity contribution < 1.29 is 0 Å². The van der Waals surface area contributed by atoms with E-state index in [2.05, 4.69) is 19.9 Å². The molecule has 0 aliphatic rings.